The second kappa shape index (κ2) is 3.14. The number of nitrogens with zero attached hydrogens (tertiary/aromatic N) is 1. The van der Waals surface area contributed by atoms with E-state index < -0.39 is 0 Å². The normalized spacial score (nSPS) is 13.9. The van der Waals surface area contributed by atoms with Gasteiger partial charge in [0.15, 0.2) is 0 Å². The lowest BCUT2D eigenvalue weighted by atomic mass is 10.1. The Hall–Kier alpha value is -1.74. The molecule has 3 rings (SSSR count). The number of fused-ring (bicyclic) bond motifs is 3. The molecule has 15 heavy (non-hydrogen) atoms. The average molecular weight is 201 g/mol. The predicted molar refractivity (Wildman–Crippen MR) is 58.7 cm³/mol. The fourth-order valence-electron chi connectivity index (χ4n) is 1.98. The van der Waals surface area contributed by atoms with Crippen LogP contribution in [-0.2, 0) is 6.73 Å². The van der Waals surface area contributed by atoms with Crippen LogP contribution in [0.4, 0.5) is 0 Å². The van der Waals surface area contributed by atoms with Crippen molar-refractivity contribution < 1.29 is 9.84 Å². The molecule has 1 N–H and O–H groups in total. The summed E-state index contributed by atoms with van der Waals surface area (Å²) in [6.07, 6.45) is 5.93. The summed E-state index contributed by atoms with van der Waals surface area (Å²) in [4.78, 5) is 0. The van der Waals surface area contributed by atoms with E-state index in [1.807, 2.05) is 30.5 Å². The van der Waals surface area contributed by atoms with Crippen LogP contribution in [0.3, 0.4) is 0 Å². The number of hydrogen-bond donors (Lipinski definition) is 1. The lowest BCUT2D eigenvalue weighted by Gasteiger charge is -2.13. The van der Waals surface area contributed by atoms with E-state index in [4.69, 9.17) is 9.84 Å². The molecule has 3 nitrogen and oxygen atoms in total. The van der Waals surface area contributed by atoms with Crippen molar-refractivity contribution in [3.8, 4) is 5.75 Å². The van der Waals surface area contributed by atoms with Crippen molar-refractivity contribution in [2.45, 2.75) is 6.73 Å². The zero-order valence-corrected chi connectivity index (χ0v) is 8.18. The minimum atomic E-state index is -0.00186. The lowest BCUT2D eigenvalue weighted by Crippen LogP contribution is -2.01. The highest BCUT2D eigenvalue weighted by molar-refractivity contribution is 5.90. The molecule has 0 aliphatic carbocycles. The number of ether oxygens (including phenoxy) is 1. The zero-order chi connectivity index (χ0) is 10.3. The Labute approximate surface area is 87.2 Å². The Morgan fingerprint density at radius 1 is 1.33 bits per heavy atom. The Kier molecular flexibility index (Phi) is 1.79. The van der Waals surface area contributed by atoms with Crippen LogP contribution in [0.2, 0.25) is 0 Å². The van der Waals surface area contributed by atoms with E-state index in [9.17, 15) is 0 Å². The summed E-state index contributed by atoms with van der Waals surface area (Å²) in [5.41, 5.74) is 2.11. The SMILES string of the molecule is OCn1ccc2c3c(ccc21)C=CCO3. The maximum absolute atomic E-state index is 9.14. The first-order valence-electron chi connectivity index (χ1n) is 4.92. The fraction of sp³-hybridized carbons (Fsp3) is 0.167. The minimum Gasteiger partial charge on any atom is -0.488 e. The standard InChI is InChI=1S/C12H11NO2/c14-8-13-6-5-10-11(13)4-3-9-2-1-7-15-12(9)10/h1-6,14H,7-8H2. The van der Waals surface area contributed by atoms with Crippen LogP contribution in [0.1, 0.15) is 5.56 Å². The molecule has 2 aromatic rings. The molecular weight excluding hydrogens is 190 g/mol. The van der Waals surface area contributed by atoms with Crippen LogP contribution in [-0.4, -0.2) is 16.3 Å². The van der Waals surface area contributed by atoms with Gasteiger partial charge in [0.05, 0.1) is 5.52 Å². The molecule has 1 aromatic heterocycles. The van der Waals surface area contributed by atoms with Crippen molar-refractivity contribution >= 4 is 17.0 Å². The van der Waals surface area contributed by atoms with Crippen LogP contribution in [0.25, 0.3) is 17.0 Å². The molecule has 0 saturated heterocycles. The van der Waals surface area contributed by atoms with Crippen molar-refractivity contribution in [3.63, 3.8) is 0 Å². The first kappa shape index (κ1) is 8.56. The molecule has 0 saturated carbocycles. The molecule has 76 valence electrons. The third-order valence-corrected chi connectivity index (χ3v) is 2.71. The number of hydrogen-bond acceptors (Lipinski definition) is 2. The maximum Gasteiger partial charge on any atom is 0.136 e. The van der Waals surface area contributed by atoms with E-state index in [0.29, 0.717) is 6.61 Å². The number of benzene rings is 1. The molecule has 0 atom stereocenters. The maximum atomic E-state index is 9.14. The van der Waals surface area contributed by atoms with E-state index in [-0.39, 0.29) is 6.73 Å². The minimum absolute atomic E-state index is 0.00186. The predicted octanol–water partition coefficient (Wildman–Crippen LogP) is 2.00. The van der Waals surface area contributed by atoms with Gasteiger partial charge in [-0.1, -0.05) is 6.08 Å². The van der Waals surface area contributed by atoms with E-state index >= 15 is 0 Å². The Balaban J connectivity index is 2.33. The van der Waals surface area contributed by atoms with Gasteiger partial charge >= 0.3 is 0 Å². The average Bonchev–Trinajstić information content (AvgIpc) is 2.72. The smallest absolute Gasteiger partial charge is 0.136 e. The van der Waals surface area contributed by atoms with Crippen LogP contribution in [0.15, 0.2) is 30.5 Å². The summed E-state index contributed by atoms with van der Waals surface area (Å²) in [6, 6.07) is 5.99. The van der Waals surface area contributed by atoms with Crippen LogP contribution in [0.5, 0.6) is 5.75 Å². The van der Waals surface area contributed by atoms with Gasteiger partial charge in [0.1, 0.15) is 19.1 Å². The molecule has 2 heterocycles. The van der Waals surface area contributed by atoms with Crippen molar-refractivity contribution in [2.24, 2.45) is 0 Å². The summed E-state index contributed by atoms with van der Waals surface area (Å²) < 4.78 is 7.40. The third-order valence-electron chi connectivity index (χ3n) is 2.71. The fourth-order valence-corrected chi connectivity index (χ4v) is 1.98. The summed E-state index contributed by atoms with van der Waals surface area (Å²) >= 11 is 0. The van der Waals surface area contributed by atoms with Crippen molar-refractivity contribution in [1.29, 1.82) is 0 Å². The molecule has 0 amide bonds. The van der Waals surface area contributed by atoms with Gasteiger partial charge in [0.2, 0.25) is 0 Å². The largest absolute Gasteiger partial charge is 0.488 e. The first-order valence-corrected chi connectivity index (χ1v) is 4.92. The van der Waals surface area contributed by atoms with E-state index in [1.165, 1.54) is 0 Å². The zero-order valence-electron chi connectivity index (χ0n) is 8.18. The molecule has 0 unspecified atom stereocenters. The molecule has 0 radical (unpaired) electrons. The van der Waals surface area contributed by atoms with Crippen molar-refractivity contribution in [1.82, 2.24) is 4.57 Å². The van der Waals surface area contributed by atoms with Crippen molar-refractivity contribution in [2.75, 3.05) is 6.61 Å². The number of rotatable bonds is 1. The van der Waals surface area contributed by atoms with Crippen LogP contribution >= 0.6 is 0 Å². The highest BCUT2D eigenvalue weighted by Gasteiger charge is 2.11. The van der Waals surface area contributed by atoms with Gasteiger partial charge in [-0.2, -0.15) is 0 Å². The topological polar surface area (TPSA) is 34.4 Å². The highest BCUT2D eigenvalue weighted by atomic mass is 16.5. The Morgan fingerprint density at radius 2 is 2.27 bits per heavy atom. The Bertz CT molecular complexity index is 540. The van der Waals surface area contributed by atoms with Gasteiger partial charge in [0, 0.05) is 17.1 Å². The van der Waals surface area contributed by atoms with Gasteiger partial charge in [-0.05, 0) is 24.3 Å². The monoisotopic (exact) mass is 201 g/mol. The molecule has 1 aliphatic heterocycles. The molecule has 1 aromatic carbocycles. The van der Waals surface area contributed by atoms with Gasteiger partial charge in [-0.15, -0.1) is 0 Å². The first-order chi connectivity index (χ1) is 7.40. The van der Waals surface area contributed by atoms with Gasteiger partial charge in [0.25, 0.3) is 0 Å². The van der Waals surface area contributed by atoms with E-state index in [2.05, 4.69) is 6.08 Å². The van der Waals surface area contributed by atoms with Crippen LogP contribution < -0.4 is 4.74 Å². The molecule has 3 heteroatoms. The lowest BCUT2D eigenvalue weighted by molar-refractivity contribution is 0.215. The number of aliphatic hydroxyl groups excluding tert-OH is 1. The summed E-state index contributed by atoms with van der Waals surface area (Å²) in [6.45, 7) is 0.620. The van der Waals surface area contributed by atoms with Gasteiger partial charge in [-0.3, -0.25) is 0 Å². The molecule has 1 aliphatic rings. The second-order valence-electron chi connectivity index (χ2n) is 3.56. The summed E-state index contributed by atoms with van der Waals surface area (Å²) in [7, 11) is 0. The third kappa shape index (κ3) is 1.17. The quantitative estimate of drug-likeness (QED) is 0.765. The van der Waals surface area contributed by atoms with Crippen LogP contribution in [0, 0.1) is 0 Å². The number of aliphatic hydroxyl groups is 1. The number of aromatic nitrogens is 1. The molecular formula is C12H11NO2. The van der Waals surface area contributed by atoms with Gasteiger partial charge < -0.3 is 14.4 Å². The molecule has 0 fully saturated rings. The summed E-state index contributed by atoms with van der Waals surface area (Å²) in [5, 5.41) is 10.2. The van der Waals surface area contributed by atoms with Crippen molar-refractivity contribution in [3.05, 3.63) is 36.0 Å². The molecule has 0 spiro atoms. The van der Waals surface area contributed by atoms with Gasteiger partial charge in [-0.25, -0.2) is 0 Å². The molecule has 0 bridgehead atoms. The van der Waals surface area contributed by atoms with E-state index in [1.54, 1.807) is 4.57 Å². The summed E-state index contributed by atoms with van der Waals surface area (Å²) in [5.74, 6) is 0.919. The highest BCUT2D eigenvalue weighted by Crippen LogP contribution is 2.33. The van der Waals surface area contributed by atoms with E-state index in [0.717, 1.165) is 22.2 Å². The Morgan fingerprint density at radius 3 is 3.13 bits per heavy atom. The second-order valence-corrected chi connectivity index (χ2v) is 3.56.